The van der Waals surface area contributed by atoms with Gasteiger partial charge in [0.1, 0.15) is 6.17 Å². The first-order valence-electron chi connectivity index (χ1n) is 9.80. The maximum Gasteiger partial charge on any atom is 0.269 e. The van der Waals surface area contributed by atoms with Crippen LogP contribution in [0.3, 0.4) is 0 Å². The van der Waals surface area contributed by atoms with E-state index in [0.717, 1.165) is 16.9 Å². The molecule has 1 unspecified atom stereocenters. The number of nitrogens with zero attached hydrogens (tertiary/aromatic N) is 2. The van der Waals surface area contributed by atoms with Gasteiger partial charge in [0.05, 0.1) is 10.5 Å². The van der Waals surface area contributed by atoms with Gasteiger partial charge in [-0.05, 0) is 52.9 Å². The Bertz CT molecular complexity index is 1100. The van der Waals surface area contributed by atoms with Crippen molar-refractivity contribution in [3.8, 4) is 0 Å². The van der Waals surface area contributed by atoms with Gasteiger partial charge in [0.25, 0.3) is 11.6 Å². The van der Waals surface area contributed by atoms with E-state index >= 15 is 0 Å². The van der Waals surface area contributed by atoms with E-state index in [1.807, 2.05) is 42.5 Å². The van der Waals surface area contributed by atoms with Crippen molar-refractivity contribution in [3.63, 3.8) is 0 Å². The smallest absolute Gasteiger partial charge is 0.269 e. The Hall–Kier alpha value is -3.67. The second-order valence-electron chi connectivity index (χ2n) is 8.41. The standard InChI is InChI=1S/C24H23N3O3/c1-24(2,3)17-10-14-18(15-11-17)26-22(16-8-12-19(13-9-16)27(29)30)25-21-7-5-4-6-20(21)23(26)28/h4-15,22,25H,1-3H3. The van der Waals surface area contributed by atoms with E-state index in [1.54, 1.807) is 23.1 Å². The van der Waals surface area contributed by atoms with Crippen molar-refractivity contribution < 1.29 is 9.72 Å². The van der Waals surface area contributed by atoms with E-state index in [1.165, 1.54) is 17.7 Å². The highest BCUT2D eigenvalue weighted by Gasteiger charge is 2.34. The molecular formula is C24H23N3O3. The Morgan fingerprint density at radius 2 is 1.57 bits per heavy atom. The van der Waals surface area contributed by atoms with E-state index < -0.39 is 11.1 Å². The average Bonchev–Trinajstić information content (AvgIpc) is 2.73. The molecule has 1 heterocycles. The molecular weight excluding hydrogens is 378 g/mol. The van der Waals surface area contributed by atoms with Gasteiger partial charge in [-0.25, -0.2) is 0 Å². The quantitative estimate of drug-likeness (QED) is 0.454. The molecule has 6 heteroatoms. The van der Waals surface area contributed by atoms with Crippen molar-refractivity contribution in [2.45, 2.75) is 32.4 Å². The Balaban J connectivity index is 1.79. The number of benzene rings is 3. The summed E-state index contributed by atoms with van der Waals surface area (Å²) in [6.45, 7) is 6.43. The second kappa shape index (κ2) is 7.30. The number of para-hydroxylation sites is 1. The zero-order valence-electron chi connectivity index (χ0n) is 17.1. The van der Waals surface area contributed by atoms with Gasteiger partial charge in [-0.15, -0.1) is 0 Å². The van der Waals surface area contributed by atoms with Gasteiger partial charge in [0, 0.05) is 23.5 Å². The number of fused-ring (bicyclic) bond motifs is 1. The number of nitrogens with one attached hydrogen (secondary N) is 1. The van der Waals surface area contributed by atoms with Gasteiger partial charge in [-0.1, -0.05) is 45.0 Å². The third-order valence-electron chi connectivity index (χ3n) is 5.36. The fourth-order valence-corrected chi connectivity index (χ4v) is 3.65. The van der Waals surface area contributed by atoms with Crippen LogP contribution < -0.4 is 10.2 Å². The first-order chi connectivity index (χ1) is 14.3. The number of anilines is 2. The molecule has 1 amide bonds. The predicted molar refractivity (Wildman–Crippen MR) is 118 cm³/mol. The molecule has 1 N–H and O–H groups in total. The van der Waals surface area contributed by atoms with Crippen molar-refractivity contribution in [2.24, 2.45) is 0 Å². The average molecular weight is 401 g/mol. The Labute approximate surface area is 175 Å². The van der Waals surface area contributed by atoms with Gasteiger partial charge in [-0.3, -0.25) is 19.8 Å². The lowest BCUT2D eigenvalue weighted by Gasteiger charge is -2.38. The fourth-order valence-electron chi connectivity index (χ4n) is 3.65. The number of carbonyl (C=O) groups is 1. The number of hydrogen-bond donors (Lipinski definition) is 1. The molecule has 0 bridgehead atoms. The van der Waals surface area contributed by atoms with Crippen molar-refractivity contribution in [2.75, 3.05) is 10.2 Å². The van der Waals surface area contributed by atoms with Crippen molar-refractivity contribution in [1.29, 1.82) is 0 Å². The first kappa shape index (κ1) is 19.6. The molecule has 1 aliphatic heterocycles. The zero-order valence-corrected chi connectivity index (χ0v) is 17.1. The molecule has 0 fully saturated rings. The van der Waals surface area contributed by atoms with Crippen LogP contribution in [0.2, 0.25) is 0 Å². The molecule has 1 aliphatic rings. The number of rotatable bonds is 3. The van der Waals surface area contributed by atoms with Gasteiger partial charge in [0.15, 0.2) is 0 Å². The third kappa shape index (κ3) is 3.52. The SMILES string of the molecule is CC(C)(C)c1ccc(N2C(=O)c3ccccc3NC2c2ccc([N+](=O)[O-])cc2)cc1. The van der Waals surface area contributed by atoms with E-state index in [-0.39, 0.29) is 17.0 Å². The fraction of sp³-hybridized carbons (Fsp3) is 0.208. The van der Waals surface area contributed by atoms with Gasteiger partial charge >= 0.3 is 0 Å². The number of nitro benzene ring substituents is 1. The van der Waals surface area contributed by atoms with Crippen molar-refractivity contribution in [1.82, 2.24) is 0 Å². The zero-order chi connectivity index (χ0) is 21.5. The molecule has 0 aliphatic carbocycles. The maximum atomic E-state index is 13.4. The monoisotopic (exact) mass is 401 g/mol. The first-order valence-corrected chi connectivity index (χ1v) is 9.80. The number of non-ortho nitro benzene ring substituents is 1. The summed E-state index contributed by atoms with van der Waals surface area (Å²) in [5.41, 5.74) is 4.07. The number of hydrogen-bond acceptors (Lipinski definition) is 4. The van der Waals surface area contributed by atoms with Crippen molar-refractivity contribution >= 4 is 23.0 Å². The normalized spacial score (nSPS) is 16.0. The van der Waals surface area contributed by atoms with E-state index in [2.05, 4.69) is 26.1 Å². The molecule has 0 saturated carbocycles. The number of amides is 1. The van der Waals surface area contributed by atoms with E-state index in [0.29, 0.717) is 5.56 Å². The lowest BCUT2D eigenvalue weighted by molar-refractivity contribution is -0.384. The van der Waals surface area contributed by atoms with Crippen LogP contribution in [0, 0.1) is 10.1 Å². The summed E-state index contributed by atoms with van der Waals surface area (Å²) in [6, 6.07) is 21.7. The minimum Gasteiger partial charge on any atom is -0.360 e. The Kier molecular flexibility index (Phi) is 4.78. The van der Waals surface area contributed by atoms with Gasteiger partial charge < -0.3 is 5.32 Å². The van der Waals surface area contributed by atoms with E-state index in [4.69, 9.17) is 0 Å². The molecule has 0 aromatic heterocycles. The molecule has 4 rings (SSSR count). The topological polar surface area (TPSA) is 75.5 Å². The number of carbonyl (C=O) groups excluding carboxylic acids is 1. The summed E-state index contributed by atoms with van der Waals surface area (Å²) in [6.07, 6.45) is -0.478. The minimum atomic E-state index is -0.478. The highest BCUT2D eigenvalue weighted by molar-refractivity contribution is 6.12. The molecule has 0 radical (unpaired) electrons. The van der Waals surface area contributed by atoms with Crippen LogP contribution in [0.25, 0.3) is 0 Å². The number of nitro groups is 1. The summed E-state index contributed by atoms with van der Waals surface area (Å²) in [4.78, 5) is 25.7. The van der Waals surface area contributed by atoms with Crippen LogP contribution in [0.15, 0.2) is 72.8 Å². The summed E-state index contributed by atoms with van der Waals surface area (Å²) in [7, 11) is 0. The largest absolute Gasteiger partial charge is 0.360 e. The summed E-state index contributed by atoms with van der Waals surface area (Å²) in [5.74, 6) is -0.115. The summed E-state index contributed by atoms with van der Waals surface area (Å²) >= 11 is 0. The van der Waals surface area contributed by atoms with Crippen LogP contribution in [0.5, 0.6) is 0 Å². The van der Waals surface area contributed by atoms with Crippen LogP contribution in [-0.4, -0.2) is 10.8 Å². The highest BCUT2D eigenvalue weighted by atomic mass is 16.6. The second-order valence-corrected chi connectivity index (χ2v) is 8.41. The van der Waals surface area contributed by atoms with E-state index in [9.17, 15) is 14.9 Å². The molecule has 0 spiro atoms. The van der Waals surface area contributed by atoms with Crippen molar-refractivity contribution in [3.05, 3.63) is 99.6 Å². The Morgan fingerprint density at radius 3 is 2.17 bits per heavy atom. The highest BCUT2D eigenvalue weighted by Crippen LogP contribution is 2.37. The van der Waals surface area contributed by atoms with Crippen LogP contribution in [0.1, 0.15) is 48.4 Å². The Morgan fingerprint density at radius 1 is 0.933 bits per heavy atom. The van der Waals surface area contributed by atoms with Gasteiger partial charge in [0.2, 0.25) is 0 Å². The summed E-state index contributed by atoms with van der Waals surface area (Å²) < 4.78 is 0. The van der Waals surface area contributed by atoms with Crippen LogP contribution >= 0.6 is 0 Å². The lowest BCUT2D eigenvalue weighted by Crippen LogP contribution is -2.43. The predicted octanol–water partition coefficient (Wildman–Crippen LogP) is 5.66. The summed E-state index contributed by atoms with van der Waals surface area (Å²) in [5, 5.41) is 14.4. The lowest BCUT2D eigenvalue weighted by atomic mass is 9.87. The maximum absolute atomic E-state index is 13.4. The molecule has 6 nitrogen and oxygen atoms in total. The molecule has 3 aromatic rings. The molecule has 1 atom stereocenters. The third-order valence-corrected chi connectivity index (χ3v) is 5.36. The van der Waals surface area contributed by atoms with Crippen LogP contribution in [0.4, 0.5) is 17.1 Å². The van der Waals surface area contributed by atoms with Crippen LogP contribution in [-0.2, 0) is 5.41 Å². The molecule has 152 valence electrons. The minimum absolute atomic E-state index is 0.00700. The molecule has 3 aromatic carbocycles. The molecule has 0 saturated heterocycles. The van der Waals surface area contributed by atoms with Gasteiger partial charge in [-0.2, -0.15) is 0 Å². The molecule has 30 heavy (non-hydrogen) atoms.